The normalized spacial score (nSPS) is 19.4. The average molecular weight is 436 g/mol. The predicted octanol–water partition coefficient (Wildman–Crippen LogP) is 3.48. The van der Waals surface area contributed by atoms with Crippen LogP contribution in [0.1, 0.15) is 30.4 Å². The third-order valence-electron chi connectivity index (χ3n) is 6.57. The van der Waals surface area contributed by atoms with E-state index in [2.05, 4.69) is 67.9 Å². The summed E-state index contributed by atoms with van der Waals surface area (Å²) in [6, 6.07) is 17.3. The SMILES string of the molecule is CN=C(NCc1ccc(CN2CCCC2)cc1)NCC1CCN(c2cccc(OC)c2)C1. The van der Waals surface area contributed by atoms with Crippen molar-refractivity contribution < 1.29 is 4.74 Å². The zero-order valence-corrected chi connectivity index (χ0v) is 19.5. The highest BCUT2D eigenvalue weighted by Gasteiger charge is 2.23. The summed E-state index contributed by atoms with van der Waals surface area (Å²) in [6.45, 7) is 7.39. The Morgan fingerprint density at radius 3 is 2.56 bits per heavy atom. The molecule has 4 rings (SSSR count). The number of hydrogen-bond acceptors (Lipinski definition) is 4. The van der Waals surface area contributed by atoms with Crippen LogP contribution >= 0.6 is 0 Å². The molecule has 2 saturated heterocycles. The van der Waals surface area contributed by atoms with Gasteiger partial charge in [0, 0.05) is 51.5 Å². The van der Waals surface area contributed by atoms with Gasteiger partial charge in [0.2, 0.25) is 0 Å². The first-order valence-electron chi connectivity index (χ1n) is 11.9. The van der Waals surface area contributed by atoms with Crippen molar-refractivity contribution >= 4 is 11.6 Å². The van der Waals surface area contributed by atoms with Gasteiger partial charge in [0.15, 0.2) is 5.96 Å². The molecule has 1 unspecified atom stereocenters. The first-order valence-corrected chi connectivity index (χ1v) is 11.9. The molecule has 0 bridgehead atoms. The van der Waals surface area contributed by atoms with Crippen molar-refractivity contribution in [2.45, 2.75) is 32.4 Å². The van der Waals surface area contributed by atoms with Crippen molar-refractivity contribution in [1.29, 1.82) is 0 Å². The summed E-state index contributed by atoms with van der Waals surface area (Å²) in [5.41, 5.74) is 3.92. The minimum Gasteiger partial charge on any atom is -0.497 e. The van der Waals surface area contributed by atoms with E-state index in [0.717, 1.165) is 44.4 Å². The summed E-state index contributed by atoms with van der Waals surface area (Å²) in [5.74, 6) is 2.38. The molecule has 6 heteroatoms. The quantitative estimate of drug-likeness (QED) is 0.491. The summed E-state index contributed by atoms with van der Waals surface area (Å²) in [4.78, 5) is 9.39. The van der Waals surface area contributed by atoms with E-state index in [9.17, 15) is 0 Å². The van der Waals surface area contributed by atoms with Gasteiger partial charge in [-0.1, -0.05) is 30.3 Å². The van der Waals surface area contributed by atoms with Gasteiger partial charge in [-0.25, -0.2) is 0 Å². The number of benzene rings is 2. The minimum absolute atomic E-state index is 0.602. The van der Waals surface area contributed by atoms with Crippen LogP contribution in [0.4, 0.5) is 5.69 Å². The van der Waals surface area contributed by atoms with Crippen LogP contribution in [0.25, 0.3) is 0 Å². The van der Waals surface area contributed by atoms with Gasteiger partial charge in [0.25, 0.3) is 0 Å². The summed E-state index contributed by atoms with van der Waals surface area (Å²) >= 11 is 0. The van der Waals surface area contributed by atoms with Crippen LogP contribution in [-0.4, -0.2) is 57.7 Å². The fraction of sp³-hybridized carbons (Fsp3) is 0.500. The first kappa shape index (κ1) is 22.5. The van der Waals surface area contributed by atoms with Gasteiger partial charge in [0.05, 0.1) is 7.11 Å². The van der Waals surface area contributed by atoms with E-state index in [4.69, 9.17) is 4.74 Å². The predicted molar refractivity (Wildman–Crippen MR) is 132 cm³/mol. The lowest BCUT2D eigenvalue weighted by molar-refractivity contribution is 0.331. The summed E-state index contributed by atoms with van der Waals surface area (Å²) in [5, 5.41) is 6.98. The molecular weight excluding hydrogens is 398 g/mol. The van der Waals surface area contributed by atoms with E-state index in [0.29, 0.717) is 5.92 Å². The Labute approximate surface area is 192 Å². The highest BCUT2D eigenvalue weighted by atomic mass is 16.5. The van der Waals surface area contributed by atoms with Crippen LogP contribution in [0.3, 0.4) is 0 Å². The van der Waals surface area contributed by atoms with Crippen LogP contribution in [0.2, 0.25) is 0 Å². The summed E-state index contributed by atoms with van der Waals surface area (Å²) < 4.78 is 5.37. The fourth-order valence-corrected chi connectivity index (χ4v) is 4.65. The van der Waals surface area contributed by atoms with E-state index in [1.54, 1.807) is 7.11 Å². The highest BCUT2D eigenvalue weighted by Crippen LogP contribution is 2.26. The van der Waals surface area contributed by atoms with Gasteiger partial charge in [-0.3, -0.25) is 9.89 Å². The Hall–Kier alpha value is -2.73. The Balaban J connectivity index is 1.19. The van der Waals surface area contributed by atoms with Crippen molar-refractivity contribution in [2.24, 2.45) is 10.9 Å². The van der Waals surface area contributed by atoms with Crippen LogP contribution < -0.4 is 20.3 Å². The van der Waals surface area contributed by atoms with E-state index < -0.39 is 0 Å². The zero-order chi connectivity index (χ0) is 22.2. The van der Waals surface area contributed by atoms with E-state index in [1.165, 1.54) is 49.2 Å². The lowest BCUT2D eigenvalue weighted by Crippen LogP contribution is -2.39. The van der Waals surface area contributed by atoms with Crippen molar-refractivity contribution in [2.75, 3.05) is 51.8 Å². The third kappa shape index (κ3) is 6.16. The number of guanidine groups is 1. The fourth-order valence-electron chi connectivity index (χ4n) is 4.65. The second kappa shape index (κ2) is 11.2. The standard InChI is InChI=1S/C26H37N5O/c1-27-26(28-17-21-8-10-22(11-9-21)19-30-13-3-4-14-30)29-18-23-12-15-31(20-23)24-6-5-7-25(16-24)32-2/h5-11,16,23H,3-4,12-15,17-20H2,1-2H3,(H2,27,28,29). The molecule has 6 nitrogen and oxygen atoms in total. The molecule has 2 aliphatic rings. The molecule has 2 aromatic carbocycles. The van der Waals surface area contributed by atoms with Crippen LogP contribution in [0.5, 0.6) is 5.75 Å². The van der Waals surface area contributed by atoms with Crippen molar-refractivity contribution in [1.82, 2.24) is 15.5 Å². The molecule has 2 fully saturated rings. The van der Waals surface area contributed by atoms with Crippen molar-refractivity contribution in [3.63, 3.8) is 0 Å². The second-order valence-corrected chi connectivity index (χ2v) is 8.91. The summed E-state index contributed by atoms with van der Waals surface area (Å²) in [6.07, 6.45) is 3.86. The highest BCUT2D eigenvalue weighted by molar-refractivity contribution is 5.79. The third-order valence-corrected chi connectivity index (χ3v) is 6.57. The topological polar surface area (TPSA) is 52.1 Å². The van der Waals surface area contributed by atoms with Gasteiger partial charge in [-0.2, -0.15) is 0 Å². The molecule has 1 atom stereocenters. The Kier molecular flexibility index (Phi) is 7.88. The molecule has 32 heavy (non-hydrogen) atoms. The number of ether oxygens (including phenoxy) is 1. The number of rotatable bonds is 8. The maximum Gasteiger partial charge on any atom is 0.191 e. The van der Waals surface area contributed by atoms with Crippen LogP contribution in [0.15, 0.2) is 53.5 Å². The van der Waals surface area contributed by atoms with Gasteiger partial charge in [-0.15, -0.1) is 0 Å². The van der Waals surface area contributed by atoms with Gasteiger partial charge in [0.1, 0.15) is 5.75 Å². The number of hydrogen-bond donors (Lipinski definition) is 2. The van der Waals surface area contributed by atoms with Gasteiger partial charge >= 0.3 is 0 Å². The van der Waals surface area contributed by atoms with Gasteiger partial charge in [-0.05, 0) is 61.5 Å². The molecule has 2 aliphatic heterocycles. The molecule has 2 N–H and O–H groups in total. The lowest BCUT2D eigenvalue weighted by Gasteiger charge is -2.20. The lowest BCUT2D eigenvalue weighted by atomic mass is 10.1. The van der Waals surface area contributed by atoms with Crippen LogP contribution in [0, 0.1) is 5.92 Å². The average Bonchev–Trinajstić information content (AvgIpc) is 3.52. The number of likely N-dealkylation sites (tertiary alicyclic amines) is 1. The number of nitrogens with one attached hydrogen (secondary N) is 2. The number of methoxy groups -OCH3 is 1. The van der Waals surface area contributed by atoms with Crippen molar-refractivity contribution in [3.05, 3.63) is 59.7 Å². The molecule has 0 radical (unpaired) electrons. The minimum atomic E-state index is 0.602. The smallest absolute Gasteiger partial charge is 0.191 e. The molecule has 2 heterocycles. The summed E-state index contributed by atoms with van der Waals surface area (Å²) in [7, 11) is 3.56. The molecular formula is C26H37N5O. The van der Waals surface area contributed by atoms with E-state index >= 15 is 0 Å². The van der Waals surface area contributed by atoms with E-state index in [1.807, 2.05) is 13.1 Å². The molecule has 0 amide bonds. The van der Waals surface area contributed by atoms with Crippen molar-refractivity contribution in [3.8, 4) is 5.75 Å². The molecule has 172 valence electrons. The molecule has 0 saturated carbocycles. The number of aliphatic imine (C=N–C) groups is 1. The molecule has 2 aromatic rings. The largest absolute Gasteiger partial charge is 0.497 e. The first-order chi connectivity index (χ1) is 15.7. The Morgan fingerprint density at radius 2 is 1.81 bits per heavy atom. The van der Waals surface area contributed by atoms with E-state index in [-0.39, 0.29) is 0 Å². The monoisotopic (exact) mass is 435 g/mol. The Morgan fingerprint density at radius 1 is 1.03 bits per heavy atom. The Bertz CT molecular complexity index is 876. The number of nitrogens with zero attached hydrogens (tertiary/aromatic N) is 3. The van der Waals surface area contributed by atoms with Crippen LogP contribution in [-0.2, 0) is 13.1 Å². The molecule has 0 spiro atoms. The maximum absolute atomic E-state index is 5.37. The zero-order valence-electron chi connectivity index (χ0n) is 19.5. The van der Waals surface area contributed by atoms with Gasteiger partial charge < -0.3 is 20.3 Å². The molecule has 0 aromatic heterocycles. The maximum atomic E-state index is 5.37. The second-order valence-electron chi connectivity index (χ2n) is 8.91. The molecule has 0 aliphatic carbocycles. The number of anilines is 1.